The van der Waals surface area contributed by atoms with Crippen molar-refractivity contribution in [3.8, 4) is 0 Å². The molecule has 192 valence electrons. The van der Waals surface area contributed by atoms with E-state index in [9.17, 15) is 0 Å². The number of hydrogen-bond donors (Lipinski definition) is 0. The second-order valence-corrected chi connectivity index (χ2v) is 14.8. The molecular formula is C35H35NS2. The summed E-state index contributed by atoms with van der Waals surface area (Å²) in [7, 11) is 0. The van der Waals surface area contributed by atoms with Crippen LogP contribution < -0.4 is 4.90 Å². The quantitative estimate of drug-likeness (QED) is 0.385. The Morgan fingerprint density at radius 3 is 2.58 bits per heavy atom. The molecule has 2 heterocycles. The monoisotopic (exact) mass is 533 g/mol. The summed E-state index contributed by atoms with van der Waals surface area (Å²) in [6, 6.07) is 20.4. The third-order valence-electron chi connectivity index (χ3n) is 10.4. The molecule has 2 aliphatic heterocycles. The SMILES string of the molecule is C[C@@H]1CC=C(N(c2ccccc2)c2ccc(C3=CC45C(S3)C4C3SC=CC3C5(C)C)cc2)C2=C1C=CCC2. The summed E-state index contributed by atoms with van der Waals surface area (Å²) in [6.45, 7) is 7.43. The number of anilines is 2. The fraction of sp³-hybridized carbons (Fsp3) is 0.371. The first-order chi connectivity index (χ1) is 18.5. The highest BCUT2D eigenvalue weighted by Gasteiger charge is 2.82. The summed E-state index contributed by atoms with van der Waals surface area (Å²) in [5, 5.41) is 3.93. The van der Waals surface area contributed by atoms with Crippen LogP contribution >= 0.6 is 23.5 Å². The Bertz CT molecular complexity index is 1460. The third-order valence-corrected chi connectivity index (χ3v) is 13.2. The summed E-state index contributed by atoms with van der Waals surface area (Å²) in [5.74, 6) is 2.17. The molecule has 2 aromatic carbocycles. The van der Waals surface area contributed by atoms with Crippen LogP contribution in [-0.4, -0.2) is 10.5 Å². The zero-order chi connectivity index (χ0) is 25.6. The number of para-hydroxylation sites is 1. The number of fused-ring (bicyclic) bond motifs is 3. The largest absolute Gasteiger partial charge is 0.311 e. The molecule has 2 fully saturated rings. The molecule has 5 unspecified atom stereocenters. The van der Waals surface area contributed by atoms with Gasteiger partial charge in [-0.2, -0.15) is 0 Å². The molecule has 3 heteroatoms. The average molecular weight is 534 g/mol. The van der Waals surface area contributed by atoms with Crippen LogP contribution in [0.1, 0.15) is 45.6 Å². The lowest BCUT2D eigenvalue weighted by Gasteiger charge is -2.35. The van der Waals surface area contributed by atoms with Crippen molar-refractivity contribution in [2.75, 3.05) is 4.90 Å². The van der Waals surface area contributed by atoms with Crippen molar-refractivity contribution in [2.45, 2.75) is 50.5 Å². The standard InChI is InChI=1S/C35H35NS2/c1-22-13-18-29(27-12-8-7-11-26(22)27)36(24-9-5-4-6-10-24)25-16-14-23(15-17-25)30-21-35-31(33(35)38-30)32-28(19-20-37-32)34(35,2)3/h4-7,9-11,14-22,28,31-33H,8,12-13H2,1-3H3/t22-,28?,31?,32?,33?,35?/m1/s1. The van der Waals surface area contributed by atoms with Gasteiger partial charge in [-0.05, 0) is 88.8 Å². The van der Waals surface area contributed by atoms with E-state index in [0.29, 0.717) is 16.7 Å². The number of benzene rings is 2. The van der Waals surface area contributed by atoms with E-state index in [2.05, 4.69) is 140 Å². The Morgan fingerprint density at radius 2 is 1.76 bits per heavy atom. The van der Waals surface area contributed by atoms with Gasteiger partial charge in [-0.1, -0.05) is 81.5 Å². The molecule has 0 bridgehead atoms. The molecule has 6 aliphatic rings. The molecule has 2 saturated carbocycles. The topological polar surface area (TPSA) is 3.24 Å². The molecule has 4 aliphatic carbocycles. The lowest BCUT2D eigenvalue weighted by atomic mass is 9.70. The second-order valence-electron chi connectivity index (χ2n) is 12.5. The summed E-state index contributed by atoms with van der Waals surface area (Å²) in [5.41, 5.74) is 9.04. The Hall–Kier alpha value is -2.36. The van der Waals surface area contributed by atoms with Gasteiger partial charge in [0.05, 0.1) is 0 Å². The summed E-state index contributed by atoms with van der Waals surface area (Å²) in [6.07, 6.45) is 15.8. The molecule has 6 atom stereocenters. The van der Waals surface area contributed by atoms with Crippen molar-refractivity contribution in [2.24, 2.45) is 28.6 Å². The molecule has 0 N–H and O–H groups in total. The highest BCUT2D eigenvalue weighted by atomic mass is 32.2. The Labute approximate surface area is 235 Å². The van der Waals surface area contributed by atoms with E-state index in [4.69, 9.17) is 0 Å². The van der Waals surface area contributed by atoms with Gasteiger partial charge in [-0.3, -0.25) is 0 Å². The highest BCUT2D eigenvalue weighted by molar-refractivity contribution is 8.09. The number of nitrogens with zero attached hydrogens (tertiary/aromatic N) is 1. The van der Waals surface area contributed by atoms with E-state index < -0.39 is 0 Å². The van der Waals surface area contributed by atoms with Crippen LogP contribution in [0.3, 0.4) is 0 Å². The zero-order valence-corrected chi connectivity index (χ0v) is 24.1. The lowest BCUT2D eigenvalue weighted by molar-refractivity contribution is 0.211. The van der Waals surface area contributed by atoms with E-state index in [1.165, 1.54) is 38.7 Å². The van der Waals surface area contributed by atoms with E-state index >= 15 is 0 Å². The number of hydrogen-bond acceptors (Lipinski definition) is 3. The fourth-order valence-corrected chi connectivity index (χ4v) is 12.0. The minimum atomic E-state index is 0.344. The van der Waals surface area contributed by atoms with Gasteiger partial charge >= 0.3 is 0 Å². The van der Waals surface area contributed by atoms with E-state index in [1.54, 1.807) is 0 Å². The molecule has 1 nitrogen and oxygen atoms in total. The molecule has 8 rings (SSSR count). The van der Waals surface area contributed by atoms with Crippen LogP contribution in [0.25, 0.3) is 4.91 Å². The van der Waals surface area contributed by atoms with Gasteiger partial charge in [0.1, 0.15) is 0 Å². The number of thioether (sulfide) groups is 2. The summed E-state index contributed by atoms with van der Waals surface area (Å²) < 4.78 is 0. The first-order valence-electron chi connectivity index (χ1n) is 14.3. The van der Waals surface area contributed by atoms with Gasteiger partial charge in [-0.15, -0.1) is 23.5 Å². The maximum absolute atomic E-state index is 2.69. The van der Waals surface area contributed by atoms with Crippen molar-refractivity contribution in [1.29, 1.82) is 0 Å². The van der Waals surface area contributed by atoms with Crippen LogP contribution in [0.2, 0.25) is 0 Å². The van der Waals surface area contributed by atoms with Crippen molar-refractivity contribution in [3.63, 3.8) is 0 Å². The summed E-state index contributed by atoms with van der Waals surface area (Å²) in [4.78, 5) is 4.00. The maximum Gasteiger partial charge on any atom is 0.0462 e. The Balaban J connectivity index is 1.15. The maximum atomic E-state index is 2.69. The molecule has 1 spiro atoms. The predicted molar refractivity (Wildman–Crippen MR) is 165 cm³/mol. The van der Waals surface area contributed by atoms with E-state index in [1.807, 2.05) is 0 Å². The molecule has 2 aromatic rings. The van der Waals surface area contributed by atoms with Gasteiger partial charge in [0.15, 0.2) is 0 Å². The fourth-order valence-electron chi connectivity index (χ4n) is 8.34. The van der Waals surface area contributed by atoms with Gasteiger partial charge in [0, 0.05) is 37.9 Å². The smallest absolute Gasteiger partial charge is 0.0462 e. The first kappa shape index (κ1) is 23.5. The number of rotatable bonds is 4. The highest BCUT2D eigenvalue weighted by Crippen LogP contribution is 2.85. The van der Waals surface area contributed by atoms with Crippen molar-refractivity contribution < 1.29 is 0 Å². The Kier molecular flexibility index (Phi) is 5.15. The van der Waals surface area contributed by atoms with Crippen LogP contribution in [0.5, 0.6) is 0 Å². The molecule has 0 saturated heterocycles. The van der Waals surface area contributed by atoms with Crippen LogP contribution in [0.15, 0.2) is 107 Å². The number of allylic oxidation sites excluding steroid dienone is 7. The predicted octanol–water partition coefficient (Wildman–Crippen LogP) is 9.75. The van der Waals surface area contributed by atoms with Crippen LogP contribution in [-0.2, 0) is 0 Å². The van der Waals surface area contributed by atoms with Crippen LogP contribution in [0, 0.1) is 28.6 Å². The molecule has 0 radical (unpaired) electrons. The first-order valence-corrected chi connectivity index (χ1v) is 16.1. The molecule has 0 amide bonds. The average Bonchev–Trinajstić information content (AvgIpc) is 3.30. The Morgan fingerprint density at radius 1 is 0.974 bits per heavy atom. The molecule has 38 heavy (non-hydrogen) atoms. The minimum Gasteiger partial charge on any atom is -0.311 e. The normalized spacial score (nSPS) is 35.3. The van der Waals surface area contributed by atoms with Crippen molar-refractivity contribution >= 4 is 39.8 Å². The van der Waals surface area contributed by atoms with Crippen LogP contribution in [0.4, 0.5) is 11.4 Å². The van der Waals surface area contributed by atoms with Crippen molar-refractivity contribution in [3.05, 3.63) is 113 Å². The molecule has 0 aromatic heterocycles. The lowest BCUT2D eigenvalue weighted by Crippen LogP contribution is -2.31. The van der Waals surface area contributed by atoms with Gasteiger partial charge < -0.3 is 4.90 Å². The second kappa shape index (κ2) is 8.32. The van der Waals surface area contributed by atoms with Gasteiger partial charge in [0.25, 0.3) is 0 Å². The zero-order valence-electron chi connectivity index (χ0n) is 22.4. The van der Waals surface area contributed by atoms with Gasteiger partial charge in [0.2, 0.25) is 0 Å². The van der Waals surface area contributed by atoms with Gasteiger partial charge in [-0.25, -0.2) is 0 Å². The van der Waals surface area contributed by atoms with Crippen molar-refractivity contribution in [1.82, 2.24) is 0 Å². The van der Waals surface area contributed by atoms with E-state index in [0.717, 1.165) is 41.6 Å². The minimum absolute atomic E-state index is 0.344. The third kappa shape index (κ3) is 3.09. The van der Waals surface area contributed by atoms with E-state index in [-0.39, 0.29) is 0 Å². The summed E-state index contributed by atoms with van der Waals surface area (Å²) >= 11 is 4.26. The molecular weight excluding hydrogens is 499 g/mol.